The lowest BCUT2D eigenvalue weighted by molar-refractivity contribution is 0.863. The van der Waals surface area contributed by atoms with E-state index in [1.807, 2.05) is 0 Å². The zero-order valence-electron chi connectivity index (χ0n) is 8.75. The topological polar surface area (TPSA) is 23.8 Å². The summed E-state index contributed by atoms with van der Waals surface area (Å²) in [5.41, 5.74) is 3.42. The van der Waals surface area contributed by atoms with Gasteiger partial charge in [0.15, 0.2) is 0 Å². The predicted octanol–water partition coefficient (Wildman–Crippen LogP) is 3.56. The van der Waals surface area contributed by atoms with Crippen molar-refractivity contribution in [3.63, 3.8) is 0 Å². The summed E-state index contributed by atoms with van der Waals surface area (Å²) in [6.07, 6.45) is 2.52. The van der Waals surface area contributed by atoms with Crippen LogP contribution in [0.4, 0.5) is 0 Å². The van der Waals surface area contributed by atoms with Crippen molar-refractivity contribution in [2.24, 2.45) is 0 Å². The monoisotopic (exact) mass is 185 g/mol. The molecule has 0 spiro atoms. The van der Waals surface area contributed by atoms with E-state index in [2.05, 4.69) is 38.1 Å². The van der Waals surface area contributed by atoms with Crippen molar-refractivity contribution in [2.45, 2.75) is 38.5 Å². The average molecular weight is 185 g/mol. The molecule has 1 aliphatic carbocycles. The molecule has 0 heterocycles. The molecule has 2 rings (SSSR count). The van der Waals surface area contributed by atoms with Crippen molar-refractivity contribution in [1.29, 1.82) is 5.26 Å². The molecule has 1 aromatic rings. The first-order valence-electron chi connectivity index (χ1n) is 5.26. The Kier molecular flexibility index (Phi) is 2.29. The maximum atomic E-state index is 9.05. The second kappa shape index (κ2) is 3.46. The molecule has 0 aromatic heterocycles. The van der Waals surface area contributed by atoms with Crippen molar-refractivity contribution < 1.29 is 0 Å². The molecule has 72 valence electrons. The zero-order chi connectivity index (χ0) is 10.1. The van der Waals surface area contributed by atoms with E-state index in [1.54, 1.807) is 0 Å². The maximum absolute atomic E-state index is 9.05. The molecular formula is C13H15N. The summed E-state index contributed by atoms with van der Waals surface area (Å²) in [4.78, 5) is 0. The van der Waals surface area contributed by atoms with Crippen LogP contribution in [0.5, 0.6) is 0 Å². The molecule has 1 saturated carbocycles. The molecule has 0 bridgehead atoms. The van der Waals surface area contributed by atoms with Crippen molar-refractivity contribution in [3.05, 3.63) is 34.9 Å². The summed E-state index contributed by atoms with van der Waals surface area (Å²) < 4.78 is 0. The fourth-order valence-electron chi connectivity index (χ4n) is 1.78. The number of rotatable bonds is 2. The van der Waals surface area contributed by atoms with Crippen LogP contribution in [0.3, 0.4) is 0 Å². The van der Waals surface area contributed by atoms with Gasteiger partial charge in [0.1, 0.15) is 0 Å². The third-order valence-corrected chi connectivity index (χ3v) is 2.88. The van der Waals surface area contributed by atoms with Gasteiger partial charge in [-0.15, -0.1) is 0 Å². The van der Waals surface area contributed by atoms with Crippen LogP contribution in [0.15, 0.2) is 18.2 Å². The Morgan fingerprint density at radius 1 is 1.36 bits per heavy atom. The number of nitriles is 1. The van der Waals surface area contributed by atoms with E-state index in [0.717, 1.165) is 5.56 Å². The van der Waals surface area contributed by atoms with Crippen molar-refractivity contribution in [2.75, 3.05) is 0 Å². The number of benzene rings is 1. The molecule has 1 fully saturated rings. The minimum atomic E-state index is 0.510. The van der Waals surface area contributed by atoms with Gasteiger partial charge in [0.25, 0.3) is 0 Å². The van der Waals surface area contributed by atoms with Crippen LogP contribution in [-0.4, -0.2) is 0 Å². The molecular weight excluding hydrogens is 170 g/mol. The molecule has 0 unspecified atom stereocenters. The van der Waals surface area contributed by atoms with Gasteiger partial charge in [-0.05, 0) is 41.9 Å². The molecule has 0 aliphatic heterocycles. The molecule has 1 heteroatoms. The summed E-state index contributed by atoms with van der Waals surface area (Å²) in [6, 6.07) is 8.68. The highest BCUT2D eigenvalue weighted by Crippen LogP contribution is 2.41. The van der Waals surface area contributed by atoms with Crippen molar-refractivity contribution in [1.82, 2.24) is 0 Å². The molecule has 0 atom stereocenters. The third kappa shape index (κ3) is 1.65. The number of nitrogens with zero attached hydrogens (tertiary/aromatic N) is 1. The molecule has 0 N–H and O–H groups in total. The Morgan fingerprint density at radius 2 is 2.07 bits per heavy atom. The fourth-order valence-corrected chi connectivity index (χ4v) is 1.78. The van der Waals surface area contributed by atoms with Crippen molar-refractivity contribution in [3.8, 4) is 6.07 Å². The van der Waals surface area contributed by atoms with Gasteiger partial charge in [-0.1, -0.05) is 26.0 Å². The summed E-state index contributed by atoms with van der Waals surface area (Å²) >= 11 is 0. The first-order chi connectivity index (χ1) is 6.72. The molecule has 0 saturated heterocycles. The Hall–Kier alpha value is -1.29. The summed E-state index contributed by atoms with van der Waals surface area (Å²) in [7, 11) is 0. The van der Waals surface area contributed by atoms with Crippen LogP contribution in [0.2, 0.25) is 0 Å². The van der Waals surface area contributed by atoms with Gasteiger partial charge in [-0.2, -0.15) is 5.26 Å². The van der Waals surface area contributed by atoms with Crippen LogP contribution in [0, 0.1) is 11.3 Å². The van der Waals surface area contributed by atoms with E-state index in [9.17, 15) is 0 Å². The summed E-state index contributed by atoms with van der Waals surface area (Å²) in [5.74, 6) is 1.18. The minimum absolute atomic E-state index is 0.510. The quantitative estimate of drug-likeness (QED) is 0.691. The predicted molar refractivity (Wildman–Crippen MR) is 57.2 cm³/mol. The average Bonchev–Trinajstić information content (AvgIpc) is 3.00. The highest BCUT2D eigenvalue weighted by molar-refractivity contribution is 5.44. The summed E-state index contributed by atoms with van der Waals surface area (Å²) in [5, 5.41) is 9.05. The normalized spacial score (nSPS) is 15.6. The van der Waals surface area contributed by atoms with Crippen molar-refractivity contribution >= 4 is 0 Å². The van der Waals surface area contributed by atoms with E-state index in [1.165, 1.54) is 24.0 Å². The smallest absolute Gasteiger partial charge is 0.0994 e. The van der Waals surface area contributed by atoms with Gasteiger partial charge in [0, 0.05) is 0 Å². The molecule has 14 heavy (non-hydrogen) atoms. The van der Waals surface area contributed by atoms with Crippen LogP contribution in [0.25, 0.3) is 0 Å². The highest BCUT2D eigenvalue weighted by Gasteiger charge is 2.26. The van der Waals surface area contributed by atoms with Crippen LogP contribution >= 0.6 is 0 Å². The Balaban J connectivity index is 2.40. The first kappa shape index (κ1) is 9.27. The molecule has 0 radical (unpaired) electrons. The highest BCUT2D eigenvalue weighted by atomic mass is 14.3. The summed E-state index contributed by atoms with van der Waals surface area (Å²) in [6.45, 7) is 4.32. The second-order valence-corrected chi connectivity index (χ2v) is 4.39. The molecule has 1 nitrogen and oxygen atoms in total. The SMILES string of the molecule is CC(C)c1ccc(C2CC2)c(C#N)c1. The van der Waals surface area contributed by atoms with Gasteiger partial charge >= 0.3 is 0 Å². The van der Waals surface area contributed by atoms with E-state index in [0.29, 0.717) is 11.8 Å². The molecule has 0 amide bonds. The van der Waals surface area contributed by atoms with Gasteiger partial charge < -0.3 is 0 Å². The maximum Gasteiger partial charge on any atom is 0.0994 e. The van der Waals surface area contributed by atoms with Crippen LogP contribution in [0.1, 0.15) is 55.2 Å². The van der Waals surface area contributed by atoms with E-state index >= 15 is 0 Å². The van der Waals surface area contributed by atoms with Gasteiger partial charge in [-0.3, -0.25) is 0 Å². The van der Waals surface area contributed by atoms with E-state index in [4.69, 9.17) is 5.26 Å². The van der Waals surface area contributed by atoms with Gasteiger partial charge in [0.05, 0.1) is 11.6 Å². The van der Waals surface area contributed by atoms with Crippen LogP contribution < -0.4 is 0 Å². The Bertz CT molecular complexity index is 381. The lowest BCUT2D eigenvalue weighted by Gasteiger charge is -2.08. The van der Waals surface area contributed by atoms with Crippen LogP contribution in [-0.2, 0) is 0 Å². The Labute approximate surface area is 85.4 Å². The standard InChI is InChI=1S/C13H15N/c1-9(2)11-5-6-13(10-3-4-10)12(7-11)8-14/h5-7,9-10H,3-4H2,1-2H3. The Morgan fingerprint density at radius 3 is 2.57 bits per heavy atom. The fraction of sp³-hybridized carbons (Fsp3) is 0.462. The van der Waals surface area contributed by atoms with Gasteiger partial charge in [-0.25, -0.2) is 0 Å². The number of hydrogen-bond donors (Lipinski definition) is 0. The lowest BCUT2D eigenvalue weighted by Crippen LogP contribution is -1.92. The van der Waals surface area contributed by atoms with E-state index in [-0.39, 0.29) is 0 Å². The molecule has 1 aliphatic rings. The third-order valence-electron chi connectivity index (χ3n) is 2.88. The zero-order valence-corrected chi connectivity index (χ0v) is 8.75. The first-order valence-corrected chi connectivity index (χ1v) is 5.26. The largest absolute Gasteiger partial charge is 0.192 e. The second-order valence-electron chi connectivity index (χ2n) is 4.39. The van der Waals surface area contributed by atoms with E-state index < -0.39 is 0 Å². The van der Waals surface area contributed by atoms with Gasteiger partial charge in [0.2, 0.25) is 0 Å². The molecule has 1 aromatic carbocycles. The lowest BCUT2D eigenvalue weighted by atomic mass is 9.96. The number of hydrogen-bond acceptors (Lipinski definition) is 1. The minimum Gasteiger partial charge on any atom is -0.192 e.